The molecular formula is C23H24N6O2. The van der Waals surface area contributed by atoms with Gasteiger partial charge in [0.15, 0.2) is 0 Å². The number of hydrogen-bond acceptors (Lipinski definition) is 6. The van der Waals surface area contributed by atoms with E-state index in [4.69, 9.17) is 5.73 Å². The van der Waals surface area contributed by atoms with E-state index in [0.29, 0.717) is 42.2 Å². The minimum absolute atomic E-state index is 0.192. The van der Waals surface area contributed by atoms with E-state index in [9.17, 15) is 9.59 Å². The second-order valence-corrected chi connectivity index (χ2v) is 7.48. The summed E-state index contributed by atoms with van der Waals surface area (Å²) in [5.74, 6) is 0.270. The molecule has 2 amide bonds. The van der Waals surface area contributed by atoms with Gasteiger partial charge in [0.25, 0.3) is 11.8 Å². The van der Waals surface area contributed by atoms with Gasteiger partial charge in [-0.1, -0.05) is 30.3 Å². The van der Waals surface area contributed by atoms with E-state index in [1.165, 1.54) is 6.20 Å². The Morgan fingerprint density at radius 1 is 1.13 bits per heavy atom. The predicted octanol–water partition coefficient (Wildman–Crippen LogP) is 2.67. The first-order chi connectivity index (χ1) is 15.0. The lowest BCUT2D eigenvalue weighted by atomic mass is 10.0. The van der Waals surface area contributed by atoms with E-state index in [2.05, 4.69) is 20.3 Å². The number of anilines is 1. The number of hydrogen-bond donors (Lipinski definition) is 2. The maximum Gasteiger partial charge on any atom is 0.258 e. The molecule has 1 aromatic carbocycles. The lowest BCUT2D eigenvalue weighted by Gasteiger charge is -2.26. The monoisotopic (exact) mass is 416 g/mol. The third-order valence-corrected chi connectivity index (χ3v) is 5.38. The number of nitrogens with zero attached hydrogens (tertiary/aromatic N) is 4. The molecule has 1 saturated heterocycles. The van der Waals surface area contributed by atoms with Gasteiger partial charge in [-0.15, -0.1) is 0 Å². The van der Waals surface area contributed by atoms with Crippen LogP contribution in [0.4, 0.5) is 5.82 Å². The van der Waals surface area contributed by atoms with E-state index >= 15 is 0 Å². The summed E-state index contributed by atoms with van der Waals surface area (Å²) in [6.07, 6.45) is 4.61. The van der Waals surface area contributed by atoms with Gasteiger partial charge in [-0.05, 0) is 37.5 Å². The van der Waals surface area contributed by atoms with Gasteiger partial charge in [-0.25, -0.2) is 15.0 Å². The van der Waals surface area contributed by atoms with E-state index in [-0.39, 0.29) is 23.7 Å². The van der Waals surface area contributed by atoms with E-state index < -0.39 is 0 Å². The van der Waals surface area contributed by atoms with Crippen LogP contribution in [0.2, 0.25) is 0 Å². The third kappa shape index (κ3) is 4.37. The number of amides is 2. The molecule has 4 rings (SSSR count). The summed E-state index contributed by atoms with van der Waals surface area (Å²) >= 11 is 0. The Morgan fingerprint density at radius 2 is 1.94 bits per heavy atom. The number of nitrogens with two attached hydrogens (primary N) is 1. The molecule has 3 N–H and O–H groups in total. The fourth-order valence-corrected chi connectivity index (χ4v) is 3.84. The third-order valence-electron chi connectivity index (χ3n) is 5.38. The highest BCUT2D eigenvalue weighted by Crippen LogP contribution is 2.34. The maximum absolute atomic E-state index is 13.2. The van der Waals surface area contributed by atoms with Crippen LogP contribution in [0.3, 0.4) is 0 Å². The zero-order chi connectivity index (χ0) is 21.8. The van der Waals surface area contributed by atoms with Crippen LogP contribution in [0.25, 0.3) is 0 Å². The fourth-order valence-electron chi connectivity index (χ4n) is 3.84. The Kier molecular flexibility index (Phi) is 5.88. The molecule has 1 aliphatic rings. The standard InChI is InChI=1S/C23H24N6O2/c1-15-26-14-18(22(30)27-13-16-7-3-2-4-8-16)20(28-15)19-10-6-12-29(19)23(31)17-9-5-11-25-21(17)24/h2-5,7-9,11,14,19H,6,10,12-13H2,1H3,(H2,24,25)(H,27,30). The fraction of sp³-hybridized carbons (Fsp3) is 0.261. The Bertz CT molecular complexity index is 1100. The number of pyridine rings is 1. The van der Waals surface area contributed by atoms with Crippen LogP contribution in [0.5, 0.6) is 0 Å². The molecule has 1 unspecified atom stereocenters. The quantitative estimate of drug-likeness (QED) is 0.661. The van der Waals surface area contributed by atoms with Gasteiger partial charge >= 0.3 is 0 Å². The van der Waals surface area contributed by atoms with Gasteiger partial charge in [0.05, 0.1) is 22.9 Å². The number of nitrogen functional groups attached to an aromatic ring is 1. The zero-order valence-electron chi connectivity index (χ0n) is 17.3. The molecule has 3 aromatic rings. The average Bonchev–Trinajstić information content (AvgIpc) is 3.28. The molecule has 1 atom stereocenters. The van der Waals surface area contributed by atoms with Crippen molar-refractivity contribution in [2.75, 3.05) is 12.3 Å². The van der Waals surface area contributed by atoms with Crippen molar-refractivity contribution in [3.8, 4) is 0 Å². The highest BCUT2D eigenvalue weighted by atomic mass is 16.2. The average molecular weight is 416 g/mol. The summed E-state index contributed by atoms with van der Waals surface area (Å²) in [5, 5.41) is 2.93. The summed E-state index contributed by atoms with van der Waals surface area (Å²) in [5.41, 5.74) is 8.22. The normalized spacial score (nSPS) is 15.6. The molecule has 0 radical (unpaired) electrons. The largest absolute Gasteiger partial charge is 0.383 e. The van der Waals surface area contributed by atoms with Crippen molar-refractivity contribution in [1.82, 2.24) is 25.2 Å². The topological polar surface area (TPSA) is 114 Å². The summed E-state index contributed by atoms with van der Waals surface area (Å²) < 4.78 is 0. The Hall–Kier alpha value is -3.81. The van der Waals surface area contributed by atoms with Crippen molar-refractivity contribution in [1.29, 1.82) is 0 Å². The van der Waals surface area contributed by atoms with E-state index in [0.717, 1.165) is 12.0 Å². The van der Waals surface area contributed by atoms with Crippen molar-refractivity contribution >= 4 is 17.6 Å². The molecule has 0 spiro atoms. The second kappa shape index (κ2) is 8.91. The smallest absolute Gasteiger partial charge is 0.258 e. The van der Waals surface area contributed by atoms with Crippen molar-refractivity contribution < 1.29 is 9.59 Å². The molecule has 158 valence electrons. The number of carbonyl (C=O) groups is 2. The molecule has 0 saturated carbocycles. The number of nitrogens with one attached hydrogen (secondary N) is 1. The number of aromatic nitrogens is 3. The van der Waals surface area contributed by atoms with Gasteiger partial charge in [-0.2, -0.15) is 0 Å². The minimum Gasteiger partial charge on any atom is -0.383 e. The molecule has 31 heavy (non-hydrogen) atoms. The number of carbonyl (C=O) groups excluding carboxylic acids is 2. The Balaban J connectivity index is 1.61. The van der Waals surface area contributed by atoms with Crippen LogP contribution in [0.15, 0.2) is 54.9 Å². The van der Waals surface area contributed by atoms with Crippen molar-refractivity contribution in [2.24, 2.45) is 0 Å². The zero-order valence-corrected chi connectivity index (χ0v) is 17.3. The molecule has 0 bridgehead atoms. The van der Waals surface area contributed by atoms with Crippen molar-refractivity contribution in [3.63, 3.8) is 0 Å². The van der Waals surface area contributed by atoms with Gasteiger partial charge in [-0.3, -0.25) is 9.59 Å². The summed E-state index contributed by atoms with van der Waals surface area (Å²) in [6, 6.07) is 12.7. The summed E-state index contributed by atoms with van der Waals surface area (Å²) in [4.78, 5) is 40.7. The van der Waals surface area contributed by atoms with Crippen molar-refractivity contribution in [3.05, 3.63) is 83.1 Å². The van der Waals surface area contributed by atoms with Crippen LogP contribution in [-0.4, -0.2) is 38.2 Å². The summed E-state index contributed by atoms with van der Waals surface area (Å²) in [7, 11) is 0. The second-order valence-electron chi connectivity index (χ2n) is 7.48. The van der Waals surface area contributed by atoms with Crippen LogP contribution < -0.4 is 11.1 Å². The van der Waals surface area contributed by atoms with Crippen LogP contribution in [-0.2, 0) is 6.54 Å². The lowest BCUT2D eigenvalue weighted by Crippen LogP contribution is -2.34. The molecular weight excluding hydrogens is 392 g/mol. The molecule has 3 heterocycles. The molecule has 2 aromatic heterocycles. The minimum atomic E-state index is -0.328. The SMILES string of the molecule is Cc1ncc(C(=O)NCc2ccccc2)c(C2CCCN2C(=O)c2cccnc2N)n1. The number of aryl methyl sites for hydroxylation is 1. The highest BCUT2D eigenvalue weighted by Gasteiger charge is 2.35. The van der Waals surface area contributed by atoms with E-state index in [1.54, 1.807) is 30.2 Å². The van der Waals surface area contributed by atoms with Gasteiger partial charge < -0.3 is 16.0 Å². The van der Waals surface area contributed by atoms with Gasteiger partial charge in [0.2, 0.25) is 0 Å². The van der Waals surface area contributed by atoms with Crippen LogP contribution >= 0.6 is 0 Å². The summed E-state index contributed by atoms with van der Waals surface area (Å²) in [6.45, 7) is 2.73. The molecule has 1 aliphatic heterocycles. The predicted molar refractivity (Wildman–Crippen MR) is 116 cm³/mol. The lowest BCUT2D eigenvalue weighted by molar-refractivity contribution is 0.0729. The van der Waals surface area contributed by atoms with Crippen LogP contribution in [0.1, 0.15) is 56.7 Å². The number of benzene rings is 1. The maximum atomic E-state index is 13.2. The van der Waals surface area contributed by atoms with Crippen molar-refractivity contribution in [2.45, 2.75) is 32.4 Å². The molecule has 8 heteroatoms. The number of rotatable bonds is 5. The van der Waals surface area contributed by atoms with Gasteiger partial charge in [0.1, 0.15) is 11.6 Å². The van der Waals surface area contributed by atoms with Crippen LogP contribution in [0, 0.1) is 6.92 Å². The number of likely N-dealkylation sites (tertiary alicyclic amines) is 1. The first-order valence-electron chi connectivity index (χ1n) is 10.2. The molecule has 0 aliphatic carbocycles. The Labute approximate surface area is 180 Å². The first-order valence-corrected chi connectivity index (χ1v) is 10.2. The first kappa shape index (κ1) is 20.5. The molecule has 8 nitrogen and oxygen atoms in total. The molecule has 1 fully saturated rings. The Morgan fingerprint density at radius 3 is 2.71 bits per heavy atom. The van der Waals surface area contributed by atoms with E-state index in [1.807, 2.05) is 30.3 Å². The van der Waals surface area contributed by atoms with Gasteiger partial charge in [0, 0.05) is 25.5 Å². The highest BCUT2D eigenvalue weighted by molar-refractivity contribution is 5.99.